The Morgan fingerprint density at radius 3 is 2.64 bits per heavy atom. The van der Waals surface area contributed by atoms with Crippen LogP contribution in [0.5, 0.6) is 5.75 Å². The molecule has 4 aromatic rings. The molecule has 8 nitrogen and oxygen atoms in total. The second-order valence-electron chi connectivity index (χ2n) is 10.1. The molecule has 2 aliphatic rings. The van der Waals surface area contributed by atoms with Crippen molar-refractivity contribution < 1.29 is 33.3 Å². The molecule has 0 atom stereocenters. The fourth-order valence-corrected chi connectivity index (χ4v) is 6.36. The number of carboxylic acid groups (broad SMARTS) is 1. The van der Waals surface area contributed by atoms with Crippen molar-refractivity contribution in [3.63, 3.8) is 0 Å². The van der Waals surface area contributed by atoms with E-state index >= 15 is 0 Å². The molecule has 2 aliphatic carbocycles. The predicted octanol–water partition coefficient (Wildman–Crippen LogP) is 6.01. The summed E-state index contributed by atoms with van der Waals surface area (Å²) in [7, 11) is 0. The van der Waals surface area contributed by atoms with Crippen molar-refractivity contribution in [3.8, 4) is 11.4 Å². The van der Waals surface area contributed by atoms with Gasteiger partial charge < -0.3 is 19.7 Å². The van der Waals surface area contributed by atoms with Crippen LogP contribution in [0.15, 0.2) is 48.7 Å². The number of aromatic carboxylic acids is 1. The van der Waals surface area contributed by atoms with Crippen molar-refractivity contribution in [1.29, 1.82) is 0 Å². The molecule has 11 heteroatoms. The van der Waals surface area contributed by atoms with Crippen LogP contribution in [0.25, 0.3) is 15.9 Å². The Morgan fingerprint density at radius 2 is 1.92 bits per heavy atom. The lowest BCUT2D eigenvalue weighted by Crippen LogP contribution is -2.34. The van der Waals surface area contributed by atoms with Gasteiger partial charge in [0, 0.05) is 0 Å². The van der Waals surface area contributed by atoms with Gasteiger partial charge in [0.15, 0.2) is 5.75 Å². The SMILES string of the molecule is O=C(O)c1ccc2nc(C3(O)CCC(OCc4c(C5CC5)cnn4-c4ccccc4OC(F)F)CC3)sc2c1. The van der Waals surface area contributed by atoms with E-state index in [-0.39, 0.29) is 24.0 Å². The Bertz CT molecular complexity index is 1510. The molecule has 2 fully saturated rings. The summed E-state index contributed by atoms with van der Waals surface area (Å²) in [4.78, 5) is 15.9. The number of ether oxygens (including phenoxy) is 2. The number of aromatic nitrogens is 3. The third-order valence-corrected chi connectivity index (χ3v) is 8.69. The zero-order valence-electron chi connectivity index (χ0n) is 20.9. The maximum atomic E-state index is 13.0. The van der Waals surface area contributed by atoms with Crippen LogP contribution in [0, 0.1) is 0 Å². The fourth-order valence-electron chi connectivity index (χ4n) is 5.20. The summed E-state index contributed by atoms with van der Waals surface area (Å²) in [5.41, 5.74) is 2.08. The van der Waals surface area contributed by atoms with Crippen LogP contribution >= 0.6 is 11.3 Å². The van der Waals surface area contributed by atoms with Gasteiger partial charge in [-0.2, -0.15) is 13.9 Å². The van der Waals surface area contributed by atoms with Crippen LogP contribution in [0.4, 0.5) is 8.78 Å². The Hall–Kier alpha value is -3.41. The van der Waals surface area contributed by atoms with Crippen LogP contribution in [-0.2, 0) is 16.9 Å². The van der Waals surface area contributed by atoms with Crippen molar-refractivity contribution in [1.82, 2.24) is 14.8 Å². The molecule has 0 aliphatic heterocycles. The highest BCUT2D eigenvalue weighted by molar-refractivity contribution is 7.18. The topological polar surface area (TPSA) is 107 Å². The standard InChI is InChI=1S/C28H27F2N3O5S/c29-27(30)38-23-4-2-1-3-21(23)33-22(19(14-31-33)16-5-6-16)15-37-18-9-11-28(36,12-10-18)26-32-20-8-7-17(25(34)35)13-24(20)39-26/h1-4,7-8,13-14,16,18,27,36H,5-6,9-12,15H2,(H,34,35). The number of hydrogen-bond acceptors (Lipinski definition) is 7. The van der Waals surface area contributed by atoms with E-state index in [1.54, 1.807) is 41.2 Å². The number of benzene rings is 2. The third kappa shape index (κ3) is 5.26. The van der Waals surface area contributed by atoms with Gasteiger partial charge in [0.05, 0.1) is 40.4 Å². The zero-order valence-corrected chi connectivity index (χ0v) is 21.7. The van der Waals surface area contributed by atoms with Crippen LogP contribution in [-0.4, -0.2) is 43.7 Å². The van der Waals surface area contributed by atoms with Gasteiger partial charge in [0.1, 0.15) is 16.3 Å². The first-order valence-corrected chi connectivity index (χ1v) is 13.7. The lowest BCUT2D eigenvalue weighted by atomic mass is 9.83. The van der Waals surface area contributed by atoms with Gasteiger partial charge in [-0.25, -0.2) is 14.5 Å². The van der Waals surface area contributed by atoms with Gasteiger partial charge >= 0.3 is 12.6 Å². The Labute approximate surface area is 226 Å². The van der Waals surface area contributed by atoms with Crippen molar-refractivity contribution in [3.05, 3.63) is 70.5 Å². The van der Waals surface area contributed by atoms with Gasteiger partial charge in [-0.1, -0.05) is 12.1 Å². The minimum absolute atomic E-state index is 0.0493. The van der Waals surface area contributed by atoms with Crippen molar-refractivity contribution in [2.75, 3.05) is 0 Å². The van der Waals surface area contributed by atoms with Gasteiger partial charge in [0.25, 0.3) is 0 Å². The highest BCUT2D eigenvalue weighted by atomic mass is 32.1. The van der Waals surface area contributed by atoms with E-state index in [0.29, 0.717) is 47.8 Å². The number of fused-ring (bicyclic) bond motifs is 1. The molecule has 0 radical (unpaired) electrons. The lowest BCUT2D eigenvalue weighted by Gasteiger charge is -2.34. The number of halogens is 2. The molecule has 2 saturated carbocycles. The number of carbonyl (C=O) groups is 1. The highest BCUT2D eigenvalue weighted by Gasteiger charge is 2.38. The van der Waals surface area contributed by atoms with Crippen LogP contribution in [0.1, 0.15) is 71.1 Å². The van der Waals surface area contributed by atoms with Gasteiger partial charge in [-0.15, -0.1) is 11.3 Å². The zero-order chi connectivity index (χ0) is 27.1. The Kier molecular flexibility index (Phi) is 6.82. The average Bonchev–Trinajstić information content (AvgIpc) is 3.52. The molecule has 2 heterocycles. The number of thiazole rings is 1. The summed E-state index contributed by atoms with van der Waals surface area (Å²) in [6, 6.07) is 11.4. The lowest BCUT2D eigenvalue weighted by molar-refractivity contribution is -0.0649. The first-order valence-electron chi connectivity index (χ1n) is 12.9. The van der Waals surface area contributed by atoms with Crippen molar-refractivity contribution in [2.24, 2.45) is 0 Å². The summed E-state index contributed by atoms with van der Waals surface area (Å²) in [5, 5.41) is 25.8. The molecule has 0 bridgehead atoms. The highest BCUT2D eigenvalue weighted by Crippen LogP contribution is 2.44. The summed E-state index contributed by atoms with van der Waals surface area (Å²) >= 11 is 1.32. The third-order valence-electron chi connectivity index (χ3n) is 7.48. The maximum absolute atomic E-state index is 13.0. The monoisotopic (exact) mass is 555 g/mol. The van der Waals surface area contributed by atoms with Gasteiger partial charge in [-0.3, -0.25) is 0 Å². The number of rotatable bonds is 9. The van der Waals surface area contributed by atoms with E-state index in [1.807, 2.05) is 0 Å². The molecule has 0 spiro atoms. The summed E-state index contributed by atoms with van der Waals surface area (Å²) < 4.78 is 39.5. The molecule has 204 valence electrons. The maximum Gasteiger partial charge on any atom is 0.387 e. The summed E-state index contributed by atoms with van der Waals surface area (Å²) in [6.45, 7) is -2.68. The Morgan fingerprint density at radius 1 is 1.15 bits per heavy atom. The molecule has 2 N–H and O–H groups in total. The Balaban J connectivity index is 1.16. The number of hydrogen-bond donors (Lipinski definition) is 2. The molecule has 2 aromatic carbocycles. The van der Waals surface area contributed by atoms with Gasteiger partial charge in [0.2, 0.25) is 0 Å². The predicted molar refractivity (Wildman–Crippen MR) is 140 cm³/mol. The van der Waals surface area contributed by atoms with E-state index in [1.165, 1.54) is 23.5 Å². The van der Waals surface area contributed by atoms with Crippen molar-refractivity contribution >= 4 is 27.5 Å². The normalized spacial score (nSPS) is 21.5. The second-order valence-corrected chi connectivity index (χ2v) is 11.2. The van der Waals surface area contributed by atoms with E-state index in [2.05, 4.69) is 10.1 Å². The molecule has 0 unspecified atom stereocenters. The fraction of sp³-hybridized carbons (Fsp3) is 0.393. The minimum Gasteiger partial charge on any atom is -0.478 e. The molecular weight excluding hydrogens is 528 g/mol. The van der Waals surface area contributed by atoms with Crippen LogP contribution in [0.2, 0.25) is 0 Å². The van der Waals surface area contributed by atoms with E-state index in [9.17, 15) is 23.8 Å². The summed E-state index contributed by atoms with van der Waals surface area (Å²) in [5.74, 6) is -0.565. The quantitative estimate of drug-likeness (QED) is 0.261. The molecule has 39 heavy (non-hydrogen) atoms. The van der Waals surface area contributed by atoms with Crippen molar-refractivity contribution in [2.45, 2.75) is 69.4 Å². The largest absolute Gasteiger partial charge is 0.478 e. The molecule has 6 rings (SSSR count). The average molecular weight is 556 g/mol. The van der Waals surface area contributed by atoms with Crippen LogP contribution < -0.4 is 4.74 Å². The first-order chi connectivity index (χ1) is 18.8. The van der Waals surface area contributed by atoms with Gasteiger partial charge in [-0.05, 0) is 80.3 Å². The number of para-hydroxylation sites is 2. The minimum atomic E-state index is -2.94. The molecule has 2 aromatic heterocycles. The summed E-state index contributed by atoms with van der Waals surface area (Å²) in [6.07, 6.45) is 5.96. The number of aliphatic hydroxyl groups is 1. The second kappa shape index (κ2) is 10.3. The number of nitrogens with zero attached hydrogens (tertiary/aromatic N) is 3. The number of alkyl halides is 2. The van der Waals surface area contributed by atoms with E-state index in [0.717, 1.165) is 28.8 Å². The molecule has 0 saturated heterocycles. The molecule has 0 amide bonds. The smallest absolute Gasteiger partial charge is 0.387 e. The first kappa shape index (κ1) is 25.8. The van der Waals surface area contributed by atoms with Crippen LogP contribution in [0.3, 0.4) is 0 Å². The van der Waals surface area contributed by atoms with E-state index < -0.39 is 18.2 Å². The van der Waals surface area contributed by atoms with E-state index in [4.69, 9.17) is 9.47 Å². The number of carboxylic acids is 1. The molecular formula is C28H27F2N3O5S.